The number of urea groups is 1. The molecule has 1 unspecified atom stereocenters. The lowest BCUT2D eigenvalue weighted by atomic mass is 10.0. The molecule has 1 atom stereocenters. The fraction of sp³-hybridized carbons (Fsp3) is 0.467. The lowest BCUT2D eigenvalue weighted by Gasteiger charge is -2.17. The lowest BCUT2D eigenvalue weighted by molar-refractivity contribution is -0.139. The molecule has 0 heterocycles. The number of carboxylic acid groups (broad SMARTS) is 1. The van der Waals surface area contributed by atoms with Gasteiger partial charge in [0.2, 0.25) is 0 Å². The van der Waals surface area contributed by atoms with E-state index in [0.717, 1.165) is 5.56 Å². The van der Waals surface area contributed by atoms with Gasteiger partial charge in [-0.05, 0) is 36.0 Å². The van der Waals surface area contributed by atoms with Crippen LogP contribution in [0.3, 0.4) is 0 Å². The highest BCUT2D eigenvalue weighted by atomic mass is 32.2. The molecule has 1 aromatic rings. The van der Waals surface area contributed by atoms with Gasteiger partial charge in [0.15, 0.2) is 0 Å². The summed E-state index contributed by atoms with van der Waals surface area (Å²) in [5.41, 5.74) is 1.72. The maximum absolute atomic E-state index is 12.0. The highest BCUT2D eigenvalue weighted by Crippen LogP contribution is 2.23. The van der Waals surface area contributed by atoms with Crippen molar-refractivity contribution < 1.29 is 14.7 Å². The minimum atomic E-state index is -1.02. The Labute approximate surface area is 129 Å². The van der Waals surface area contributed by atoms with Crippen LogP contribution in [0.4, 0.5) is 10.5 Å². The highest BCUT2D eigenvalue weighted by molar-refractivity contribution is 7.98. The molecule has 0 saturated heterocycles. The summed E-state index contributed by atoms with van der Waals surface area (Å²) in [4.78, 5) is 23.1. The topological polar surface area (TPSA) is 78.4 Å². The summed E-state index contributed by atoms with van der Waals surface area (Å²) in [7, 11) is 0. The average Bonchev–Trinajstić information content (AvgIpc) is 2.43. The fourth-order valence-corrected chi connectivity index (χ4v) is 2.40. The van der Waals surface area contributed by atoms with Crippen molar-refractivity contribution in [3.8, 4) is 0 Å². The summed E-state index contributed by atoms with van der Waals surface area (Å²) in [6.45, 7) is 4.08. The van der Waals surface area contributed by atoms with Crippen molar-refractivity contribution >= 4 is 29.4 Å². The monoisotopic (exact) mass is 310 g/mol. The van der Waals surface area contributed by atoms with Crippen LogP contribution in [0.1, 0.15) is 31.7 Å². The number of anilines is 1. The van der Waals surface area contributed by atoms with Crippen LogP contribution in [-0.4, -0.2) is 35.2 Å². The maximum atomic E-state index is 12.0. The molecule has 0 spiro atoms. The van der Waals surface area contributed by atoms with E-state index < -0.39 is 18.0 Å². The Morgan fingerprint density at radius 3 is 2.52 bits per heavy atom. The van der Waals surface area contributed by atoms with Crippen molar-refractivity contribution in [2.45, 2.75) is 32.2 Å². The van der Waals surface area contributed by atoms with Crippen molar-refractivity contribution in [3.05, 3.63) is 29.8 Å². The Bertz CT molecular complexity index is 492. The van der Waals surface area contributed by atoms with Crippen molar-refractivity contribution in [1.29, 1.82) is 0 Å². The molecular weight excluding hydrogens is 288 g/mol. The van der Waals surface area contributed by atoms with Crippen molar-refractivity contribution in [1.82, 2.24) is 5.32 Å². The molecular formula is C15H22N2O3S. The summed E-state index contributed by atoms with van der Waals surface area (Å²) in [6, 6.07) is 6.15. The molecule has 6 heteroatoms. The normalized spacial score (nSPS) is 12.0. The number of hydrogen-bond donors (Lipinski definition) is 3. The summed E-state index contributed by atoms with van der Waals surface area (Å²) in [5, 5.41) is 14.3. The fourth-order valence-electron chi connectivity index (χ4n) is 1.92. The van der Waals surface area contributed by atoms with Crippen LogP contribution in [-0.2, 0) is 4.79 Å². The van der Waals surface area contributed by atoms with Gasteiger partial charge in [0, 0.05) is 5.69 Å². The van der Waals surface area contributed by atoms with E-state index in [4.69, 9.17) is 5.11 Å². The van der Waals surface area contributed by atoms with E-state index in [0.29, 0.717) is 17.9 Å². The smallest absolute Gasteiger partial charge is 0.326 e. The van der Waals surface area contributed by atoms with Crippen LogP contribution in [0.2, 0.25) is 0 Å². The van der Waals surface area contributed by atoms with Crippen LogP contribution in [0.5, 0.6) is 0 Å². The van der Waals surface area contributed by atoms with Gasteiger partial charge in [-0.1, -0.05) is 32.0 Å². The molecule has 0 aliphatic heterocycles. The van der Waals surface area contributed by atoms with Crippen LogP contribution in [0.15, 0.2) is 24.3 Å². The number of thioether (sulfide) groups is 1. The molecule has 5 nitrogen and oxygen atoms in total. The predicted molar refractivity (Wildman–Crippen MR) is 87.1 cm³/mol. The molecule has 21 heavy (non-hydrogen) atoms. The number of nitrogens with one attached hydrogen (secondary N) is 2. The number of amides is 2. The van der Waals surface area contributed by atoms with E-state index >= 15 is 0 Å². The third-order valence-corrected chi connectivity index (χ3v) is 3.69. The van der Waals surface area contributed by atoms with Gasteiger partial charge in [0.05, 0.1) is 0 Å². The molecule has 0 saturated carbocycles. The Hall–Kier alpha value is -1.69. The molecule has 3 N–H and O–H groups in total. The van der Waals surface area contributed by atoms with E-state index in [1.165, 1.54) is 0 Å². The number of carboxylic acids is 1. The van der Waals surface area contributed by atoms with Gasteiger partial charge in [-0.2, -0.15) is 11.8 Å². The number of aliphatic carboxylic acids is 1. The minimum absolute atomic E-state index is 0.272. The Balaban J connectivity index is 2.70. The van der Waals surface area contributed by atoms with Gasteiger partial charge in [0.25, 0.3) is 0 Å². The van der Waals surface area contributed by atoms with Crippen molar-refractivity contribution in [3.63, 3.8) is 0 Å². The number of carbonyl (C=O) groups excluding carboxylic acids is 1. The molecule has 1 rings (SSSR count). The SMILES string of the molecule is CSCCC(NC(=O)Nc1ccccc1C(C)C)C(=O)O. The second kappa shape index (κ2) is 8.56. The Morgan fingerprint density at radius 2 is 1.95 bits per heavy atom. The molecule has 0 aliphatic rings. The molecule has 0 radical (unpaired) electrons. The highest BCUT2D eigenvalue weighted by Gasteiger charge is 2.19. The zero-order valence-electron chi connectivity index (χ0n) is 12.6. The van der Waals surface area contributed by atoms with E-state index in [1.807, 2.05) is 44.4 Å². The molecule has 0 bridgehead atoms. The molecule has 0 aromatic heterocycles. The first-order valence-corrected chi connectivity index (χ1v) is 8.23. The molecule has 1 aromatic carbocycles. The van der Waals surface area contributed by atoms with E-state index in [-0.39, 0.29) is 5.92 Å². The second-order valence-corrected chi connectivity index (χ2v) is 6.00. The van der Waals surface area contributed by atoms with Crippen LogP contribution in [0, 0.1) is 0 Å². The first-order chi connectivity index (χ1) is 9.95. The first kappa shape index (κ1) is 17.4. The van der Waals surface area contributed by atoms with E-state index in [2.05, 4.69) is 10.6 Å². The largest absolute Gasteiger partial charge is 0.480 e. The second-order valence-electron chi connectivity index (χ2n) is 5.01. The Morgan fingerprint density at radius 1 is 1.29 bits per heavy atom. The minimum Gasteiger partial charge on any atom is -0.480 e. The molecule has 2 amide bonds. The number of carbonyl (C=O) groups is 2. The van der Waals surface area contributed by atoms with Gasteiger partial charge in [-0.3, -0.25) is 0 Å². The molecule has 0 aliphatic carbocycles. The molecule has 0 fully saturated rings. The quantitative estimate of drug-likeness (QED) is 0.723. The first-order valence-electron chi connectivity index (χ1n) is 6.84. The zero-order chi connectivity index (χ0) is 15.8. The van der Waals surface area contributed by atoms with Gasteiger partial charge < -0.3 is 15.7 Å². The third-order valence-electron chi connectivity index (χ3n) is 3.05. The average molecular weight is 310 g/mol. The maximum Gasteiger partial charge on any atom is 0.326 e. The van der Waals surface area contributed by atoms with Gasteiger partial charge >= 0.3 is 12.0 Å². The number of hydrogen-bond acceptors (Lipinski definition) is 3. The number of para-hydroxylation sites is 1. The van der Waals surface area contributed by atoms with Gasteiger partial charge in [0.1, 0.15) is 6.04 Å². The summed E-state index contributed by atoms with van der Waals surface area (Å²) in [5.74, 6) is -0.0653. The van der Waals surface area contributed by atoms with Crippen molar-refractivity contribution in [2.24, 2.45) is 0 Å². The summed E-state index contributed by atoms with van der Waals surface area (Å²) >= 11 is 1.55. The number of benzene rings is 1. The van der Waals surface area contributed by atoms with E-state index in [1.54, 1.807) is 11.8 Å². The van der Waals surface area contributed by atoms with Crippen LogP contribution < -0.4 is 10.6 Å². The third kappa shape index (κ3) is 5.67. The van der Waals surface area contributed by atoms with Crippen LogP contribution >= 0.6 is 11.8 Å². The van der Waals surface area contributed by atoms with Gasteiger partial charge in [-0.15, -0.1) is 0 Å². The molecule has 116 valence electrons. The van der Waals surface area contributed by atoms with E-state index in [9.17, 15) is 9.59 Å². The summed E-state index contributed by atoms with van der Waals surface area (Å²) in [6.07, 6.45) is 2.30. The van der Waals surface area contributed by atoms with Crippen molar-refractivity contribution in [2.75, 3.05) is 17.3 Å². The summed E-state index contributed by atoms with van der Waals surface area (Å²) < 4.78 is 0. The number of rotatable bonds is 7. The van der Waals surface area contributed by atoms with Crippen LogP contribution in [0.25, 0.3) is 0 Å². The predicted octanol–water partition coefficient (Wildman–Crippen LogP) is 3.14. The zero-order valence-corrected chi connectivity index (χ0v) is 13.4. The van der Waals surface area contributed by atoms with Gasteiger partial charge in [-0.25, -0.2) is 9.59 Å². The standard InChI is InChI=1S/C15H22N2O3S/c1-10(2)11-6-4-5-7-12(11)16-15(20)17-13(14(18)19)8-9-21-3/h4-7,10,13H,8-9H2,1-3H3,(H,18,19)(H2,16,17,20). The Kier molecular flexibility index (Phi) is 7.08. The lowest BCUT2D eigenvalue weighted by Crippen LogP contribution is -2.43.